The fraction of sp³-hybridized carbons (Fsp3) is 0.500. The molecule has 1 aromatic carbocycles. The van der Waals surface area contributed by atoms with E-state index in [1.807, 2.05) is 24.3 Å². The number of hydrogen-bond acceptors (Lipinski definition) is 2. The summed E-state index contributed by atoms with van der Waals surface area (Å²) in [5, 5.41) is 3.20. The van der Waals surface area contributed by atoms with Crippen LogP contribution in [-0.2, 0) is 6.42 Å². The zero-order valence-electron chi connectivity index (χ0n) is 10.6. The van der Waals surface area contributed by atoms with Crippen molar-refractivity contribution in [3.8, 4) is 0 Å². The highest BCUT2D eigenvalue weighted by atomic mass is 16.1. The molecule has 0 atom stereocenters. The van der Waals surface area contributed by atoms with Gasteiger partial charge < -0.3 is 5.32 Å². The van der Waals surface area contributed by atoms with E-state index in [9.17, 15) is 4.79 Å². The Kier molecular flexibility index (Phi) is 4.25. The standard InChI is InChI=1S/C14H21NO/c1-5-11-6-8-12(9-7-11)13(16)10-15-14(2,3)4/h6-9,15H,5,10H2,1-4H3. The molecule has 0 radical (unpaired) electrons. The molecule has 1 rings (SSSR count). The van der Waals surface area contributed by atoms with E-state index < -0.39 is 0 Å². The van der Waals surface area contributed by atoms with Gasteiger partial charge in [0.2, 0.25) is 0 Å². The first kappa shape index (κ1) is 12.9. The predicted octanol–water partition coefficient (Wildman–Crippen LogP) is 2.82. The van der Waals surface area contributed by atoms with Crippen molar-refractivity contribution in [2.75, 3.05) is 6.54 Å². The molecule has 2 heteroatoms. The Morgan fingerprint density at radius 2 is 1.75 bits per heavy atom. The van der Waals surface area contributed by atoms with Gasteiger partial charge in [0.1, 0.15) is 0 Å². The minimum absolute atomic E-state index is 0.0149. The normalized spacial score (nSPS) is 11.5. The SMILES string of the molecule is CCc1ccc(C(=O)CNC(C)(C)C)cc1. The lowest BCUT2D eigenvalue weighted by molar-refractivity contribution is 0.0982. The van der Waals surface area contributed by atoms with Gasteiger partial charge in [-0.2, -0.15) is 0 Å². The summed E-state index contributed by atoms with van der Waals surface area (Å²) >= 11 is 0. The summed E-state index contributed by atoms with van der Waals surface area (Å²) in [6, 6.07) is 7.85. The summed E-state index contributed by atoms with van der Waals surface area (Å²) < 4.78 is 0. The molecule has 0 amide bonds. The molecular weight excluding hydrogens is 198 g/mol. The van der Waals surface area contributed by atoms with E-state index in [-0.39, 0.29) is 11.3 Å². The third-order valence-corrected chi connectivity index (χ3v) is 2.46. The third kappa shape index (κ3) is 4.15. The van der Waals surface area contributed by atoms with E-state index in [4.69, 9.17) is 0 Å². The Morgan fingerprint density at radius 3 is 2.19 bits per heavy atom. The van der Waals surface area contributed by atoms with Crippen molar-refractivity contribution in [2.45, 2.75) is 39.7 Å². The van der Waals surface area contributed by atoms with Gasteiger partial charge in [-0.3, -0.25) is 4.79 Å². The van der Waals surface area contributed by atoms with Crippen molar-refractivity contribution >= 4 is 5.78 Å². The van der Waals surface area contributed by atoms with Gasteiger partial charge in [-0.05, 0) is 32.8 Å². The number of ketones is 1. The number of Topliss-reactive ketones (excluding diaryl/α,β-unsaturated/α-hetero) is 1. The van der Waals surface area contributed by atoms with Crippen LogP contribution in [0.2, 0.25) is 0 Å². The fourth-order valence-electron chi connectivity index (χ4n) is 1.37. The van der Waals surface area contributed by atoms with Crippen molar-refractivity contribution in [1.29, 1.82) is 0 Å². The second-order valence-electron chi connectivity index (χ2n) is 5.08. The van der Waals surface area contributed by atoms with E-state index in [2.05, 4.69) is 33.0 Å². The molecule has 0 unspecified atom stereocenters. The van der Waals surface area contributed by atoms with Crippen molar-refractivity contribution < 1.29 is 4.79 Å². The van der Waals surface area contributed by atoms with E-state index in [1.54, 1.807) is 0 Å². The first-order valence-corrected chi connectivity index (χ1v) is 5.79. The molecule has 0 heterocycles. The van der Waals surface area contributed by atoms with E-state index in [1.165, 1.54) is 5.56 Å². The van der Waals surface area contributed by atoms with Gasteiger partial charge in [-0.1, -0.05) is 31.2 Å². The molecule has 1 aromatic rings. The van der Waals surface area contributed by atoms with Crippen LogP contribution in [0, 0.1) is 0 Å². The van der Waals surface area contributed by atoms with Crippen molar-refractivity contribution in [3.05, 3.63) is 35.4 Å². The first-order chi connectivity index (χ1) is 7.42. The fourth-order valence-corrected chi connectivity index (χ4v) is 1.37. The second-order valence-corrected chi connectivity index (χ2v) is 5.08. The van der Waals surface area contributed by atoms with Crippen LogP contribution in [0.15, 0.2) is 24.3 Å². The molecule has 0 spiro atoms. The first-order valence-electron chi connectivity index (χ1n) is 5.79. The number of carbonyl (C=O) groups excluding carboxylic acids is 1. The van der Waals surface area contributed by atoms with Gasteiger partial charge in [-0.25, -0.2) is 0 Å². The van der Waals surface area contributed by atoms with Gasteiger partial charge >= 0.3 is 0 Å². The van der Waals surface area contributed by atoms with Crippen LogP contribution in [0.5, 0.6) is 0 Å². The third-order valence-electron chi connectivity index (χ3n) is 2.46. The number of carbonyl (C=O) groups is 1. The molecule has 0 saturated heterocycles. The average Bonchev–Trinajstić information content (AvgIpc) is 2.25. The largest absolute Gasteiger partial charge is 0.305 e. The lowest BCUT2D eigenvalue weighted by Gasteiger charge is -2.19. The number of benzene rings is 1. The molecule has 0 saturated carbocycles. The summed E-state index contributed by atoms with van der Waals surface area (Å²) in [5.74, 6) is 0.151. The summed E-state index contributed by atoms with van der Waals surface area (Å²) in [6.45, 7) is 8.67. The van der Waals surface area contributed by atoms with Crippen molar-refractivity contribution in [3.63, 3.8) is 0 Å². The summed E-state index contributed by atoms with van der Waals surface area (Å²) in [4.78, 5) is 11.8. The lowest BCUT2D eigenvalue weighted by Crippen LogP contribution is -2.39. The van der Waals surface area contributed by atoms with E-state index in [0.717, 1.165) is 12.0 Å². The average molecular weight is 219 g/mol. The highest BCUT2D eigenvalue weighted by Gasteiger charge is 2.12. The number of aryl methyl sites for hydroxylation is 1. The maximum Gasteiger partial charge on any atom is 0.176 e. The van der Waals surface area contributed by atoms with Crippen LogP contribution >= 0.6 is 0 Å². The maximum atomic E-state index is 11.8. The zero-order valence-corrected chi connectivity index (χ0v) is 10.6. The van der Waals surface area contributed by atoms with Gasteiger partial charge in [0, 0.05) is 11.1 Å². The second kappa shape index (κ2) is 5.26. The van der Waals surface area contributed by atoms with Gasteiger partial charge in [0.25, 0.3) is 0 Å². The van der Waals surface area contributed by atoms with Gasteiger partial charge in [0.15, 0.2) is 5.78 Å². The minimum Gasteiger partial charge on any atom is -0.305 e. The van der Waals surface area contributed by atoms with Gasteiger partial charge in [0.05, 0.1) is 6.54 Å². The van der Waals surface area contributed by atoms with Crippen LogP contribution in [0.25, 0.3) is 0 Å². The molecule has 2 nitrogen and oxygen atoms in total. The van der Waals surface area contributed by atoms with Gasteiger partial charge in [-0.15, -0.1) is 0 Å². The molecule has 88 valence electrons. The molecule has 0 aliphatic heterocycles. The molecule has 0 aromatic heterocycles. The van der Waals surface area contributed by atoms with Crippen molar-refractivity contribution in [2.24, 2.45) is 0 Å². The zero-order chi connectivity index (χ0) is 12.2. The molecule has 0 bridgehead atoms. The van der Waals surface area contributed by atoms with Crippen LogP contribution in [0.4, 0.5) is 0 Å². The molecule has 0 aliphatic carbocycles. The Bertz CT molecular complexity index is 346. The summed E-state index contributed by atoms with van der Waals surface area (Å²) in [7, 11) is 0. The van der Waals surface area contributed by atoms with Crippen LogP contribution in [0.1, 0.15) is 43.6 Å². The predicted molar refractivity (Wildman–Crippen MR) is 67.9 cm³/mol. The van der Waals surface area contributed by atoms with Crippen molar-refractivity contribution in [1.82, 2.24) is 5.32 Å². The highest BCUT2D eigenvalue weighted by molar-refractivity contribution is 5.97. The number of nitrogens with one attached hydrogen (secondary N) is 1. The van der Waals surface area contributed by atoms with E-state index >= 15 is 0 Å². The highest BCUT2D eigenvalue weighted by Crippen LogP contribution is 2.06. The Hall–Kier alpha value is -1.15. The molecule has 0 aliphatic rings. The van der Waals surface area contributed by atoms with Crippen LogP contribution in [0.3, 0.4) is 0 Å². The quantitative estimate of drug-likeness (QED) is 0.789. The Morgan fingerprint density at radius 1 is 1.19 bits per heavy atom. The monoisotopic (exact) mass is 219 g/mol. The lowest BCUT2D eigenvalue weighted by atomic mass is 10.1. The Balaban J connectivity index is 2.59. The minimum atomic E-state index is -0.0149. The van der Waals surface area contributed by atoms with E-state index in [0.29, 0.717) is 6.54 Å². The molecule has 16 heavy (non-hydrogen) atoms. The summed E-state index contributed by atoms with van der Waals surface area (Å²) in [5.41, 5.74) is 2.04. The van der Waals surface area contributed by atoms with Crippen LogP contribution in [-0.4, -0.2) is 17.9 Å². The van der Waals surface area contributed by atoms with Crippen LogP contribution < -0.4 is 5.32 Å². The smallest absolute Gasteiger partial charge is 0.176 e. The Labute approximate surface area is 98.1 Å². The molecular formula is C14H21NO. The molecule has 1 N–H and O–H groups in total. The number of hydrogen-bond donors (Lipinski definition) is 1. The topological polar surface area (TPSA) is 29.1 Å². The number of rotatable bonds is 4. The molecule has 0 fully saturated rings. The maximum absolute atomic E-state index is 11.8. The summed E-state index contributed by atoms with van der Waals surface area (Å²) in [6.07, 6.45) is 1.01.